The lowest BCUT2D eigenvalue weighted by molar-refractivity contribution is -0.138. The Morgan fingerprint density at radius 2 is 1.81 bits per heavy atom. The van der Waals surface area contributed by atoms with Crippen molar-refractivity contribution in [1.82, 2.24) is 19.7 Å². The van der Waals surface area contributed by atoms with Gasteiger partial charge in [-0.2, -0.15) is 31.4 Å². The third-order valence-electron chi connectivity index (χ3n) is 5.80. The molecule has 3 heterocycles. The van der Waals surface area contributed by atoms with Crippen LogP contribution >= 0.6 is 34.7 Å². The normalized spacial score (nSPS) is 16.2. The van der Waals surface area contributed by atoms with Crippen LogP contribution < -0.4 is 4.72 Å². The van der Waals surface area contributed by atoms with Crippen LogP contribution in [0.2, 0.25) is 5.02 Å². The second kappa shape index (κ2) is 11.3. The monoisotopic (exact) mass is 665 g/mol. The molecule has 4 aromatic rings. The topological polar surface area (TPSA) is 97.2 Å². The number of thiazole rings is 1. The number of nitrogens with zero attached hydrogens (tertiary/aromatic N) is 4. The standard InChI is InChI=1S/C24H14ClF6N5O3S3/c25-15-3-2-13(17(7-15)23(26,27)28)9-36-18-4-1-12(5-14(18)8-32-36)6-19-20(37)35(22(38)41-19)10-16-11-40-21(33-16)34-42(39)24(29,30)31/h1-8,11H,9-10H2,(H,33,34)/b19-6-. The number of benzene rings is 2. The van der Waals surface area contributed by atoms with Crippen molar-refractivity contribution in [2.45, 2.75) is 24.8 Å². The maximum absolute atomic E-state index is 13.5. The summed E-state index contributed by atoms with van der Waals surface area (Å²) >= 11 is 7.15. The van der Waals surface area contributed by atoms with Crippen molar-refractivity contribution < 1.29 is 40.1 Å². The number of anilines is 1. The second-order valence-corrected chi connectivity index (χ2v) is 12.1. The predicted octanol–water partition coefficient (Wildman–Crippen LogP) is 7.05. The van der Waals surface area contributed by atoms with E-state index in [1.54, 1.807) is 22.9 Å². The van der Waals surface area contributed by atoms with Crippen molar-refractivity contribution in [2.24, 2.45) is 0 Å². The summed E-state index contributed by atoms with van der Waals surface area (Å²) in [6.45, 7) is -0.483. The van der Waals surface area contributed by atoms with Gasteiger partial charge in [-0.15, -0.1) is 11.3 Å². The van der Waals surface area contributed by atoms with Crippen molar-refractivity contribution in [3.05, 3.63) is 80.3 Å². The van der Waals surface area contributed by atoms with Crippen LogP contribution in [-0.4, -0.2) is 40.5 Å². The number of fused-ring (bicyclic) bond motifs is 1. The molecule has 1 atom stereocenters. The summed E-state index contributed by atoms with van der Waals surface area (Å²) < 4.78 is 92.3. The van der Waals surface area contributed by atoms with Gasteiger partial charge in [0.25, 0.3) is 11.1 Å². The molecule has 2 amide bonds. The lowest BCUT2D eigenvalue weighted by Crippen LogP contribution is -2.27. The molecule has 2 aromatic heterocycles. The fourth-order valence-corrected chi connectivity index (χ4v) is 6.24. The van der Waals surface area contributed by atoms with Crippen LogP contribution in [0.1, 0.15) is 22.4 Å². The Hall–Kier alpha value is -3.41. The number of carbonyl (C=O) groups excluding carboxylic acids is 2. The van der Waals surface area contributed by atoms with Gasteiger partial charge in [-0.1, -0.05) is 23.7 Å². The first-order valence-corrected chi connectivity index (χ1v) is 14.7. The minimum Gasteiger partial charge on any atom is -0.273 e. The zero-order chi connectivity index (χ0) is 30.4. The van der Waals surface area contributed by atoms with E-state index in [-0.39, 0.29) is 39.4 Å². The Labute approximate surface area is 247 Å². The number of hydrogen-bond acceptors (Lipinski definition) is 7. The van der Waals surface area contributed by atoms with E-state index in [1.807, 2.05) is 0 Å². The smallest absolute Gasteiger partial charge is 0.273 e. The number of rotatable bonds is 7. The van der Waals surface area contributed by atoms with E-state index in [1.165, 1.54) is 34.5 Å². The molecule has 0 aliphatic carbocycles. The molecule has 1 saturated heterocycles. The molecule has 8 nitrogen and oxygen atoms in total. The molecule has 1 aliphatic heterocycles. The highest BCUT2D eigenvalue weighted by Crippen LogP contribution is 2.36. The van der Waals surface area contributed by atoms with E-state index in [9.17, 15) is 40.1 Å². The van der Waals surface area contributed by atoms with E-state index < -0.39 is 39.4 Å². The quantitative estimate of drug-likeness (QED) is 0.168. The summed E-state index contributed by atoms with van der Waals surface area (Å²) in [6.07, 6.45) is -1.68. The molecule has 1 unspecified atom stereocenters. The van der Waals surface area contributed by atoms with Gasteiger partial charge in [0, 0.05) is 15.8 Å². The summed E-state index contributed by atoms with van der Waals surface area (Å²) in [5.41, 5.74) is -4.71. The molecule has 0 bridgehead atoms. The number of aromatic nitrogens is 3. The van der Waals surface area contributed by atoms with E-state index >= 15 is 0 Å². The van der Waals surface area contributed by atoms with E-state index in [0.717, 1.165) is 22.3 Å². The highest BCUT2D eigenvalue weighted by molar-refractivity contribution is 8.18. The molecular formula is C24H14ClF6N5O3S3. The number of thioether (sulfide) groups is 1. The number of hydrogen-bond donors (Lipinski definition) is 1. The van der Waals surface area contributed by atoms with E-state index in [4.69, 9.17) is 11.6 Å². The van der Waals surface area contributed by atoms with Crippen molar-refractivity contribution >= 4 is 78.9 Å². The minimum absolute atomic E-state index is 0.0220. The van der Waals surface area contributed by atoms with Crippen LogP contribution in [0.4, 0.5) is 36.3 Å². The third-order valence-corrected chi connectivity index (χ3v) is 8.67. The Kier molecular flexibility index (Phi) is 8.12. The third kappa shape index (κ3) is 6.48. The SMILES string of the molecule is O=C1S/C(=C\c2ccc3c(cnn3Cc3ccc(Cl)cc3C(F)(F)F)c2)C(=O)N1Cc1csc(NS(=O)C(F)(F)F)n1. The molecule has 0 radical (unpaired) electrons. The molecular weight excluding hydrogens is 652 g/mol. The average Bonchev–Trinajstić information content (AvgIpc) is 3.58. The zero-order valence-corrected chi connectivity index (χ0v) is 23.7. The van der Waals surface area contributed by atoms with Crippen LogP contribution in [0.25, 0.3) is 17.0 Å². The van der Waals surface area contributed by atoms with Crippen LogP contribution in [0.3, 0.4) is 0 Å². The predicted molar refractivity (Wildman–Crippen MR) is 147 cm³/mol. The lowest BCUT2D eigenvalue weighted by Gasteiger charge is -2.14. The van der Waals surface area contributed by atoms with Gasteiger partial charge >= 0.3 is 11.7 Å². The van der Waals surface area contributed by atoms with Crippen molar-refractivity contribution in [3.63, 3.8) is 0 Å². The molecule has 1 fully saturated rings. The highest BCUT2D eigenvalue weighted by atomic mass is 35.5. The Morgan fingerprint density at radius 1 is 1.05 bits per heavy atom. The molecule has 42 heavy (non-hydrogen) atoms. The maximum atomic E-state index is 13.5. The summed E-state index contributed by atoms with van der Waals surface area (Å²) in [5.74, 6) is -0.649. The number of imide groups is 1. The number of nitrogens with one attached hydrogen (secondary N) is 1. The first kappa shape index (κ1) is 30.1. The molecule has 0 saturated carbocycles. The number of halogens is 7. The van der Waals surface area contributed by atoms with Gasteiger partial charge in [0.1, 0.15) is 0 Å². The van der Waals surface area contributed by atoms with Gasteiger partial charge in [0.15, 0.2) is 5.13 Å². The van der Waals surface area contributed by atoms with E-state index in [0.29, 0.717) is 28.2 Å². The fourth-order valence-electron chi connectivity index (χ4n) is 3.95. The molecule has 5 rings (SSSR count). The summed E-state index contributed by atoms with van der Waals surface area (Å²) in [6, 6.07) is 8.39. The van der Waals surface area contributed by atoms with Gasteiger partial charge in [-0.3, -0.25) is 23.9 Å². The van der Waals surface area contributed by atoms with Crippen molar-refractivity contribution in [1.29, 1.82) is 0 Å². The largest absolute Gasteiger partial charge is 0.490 e. The Morgan fingerprint density at radius 3 is 2.52 bits per heavy atom. The zero-order valence-electron chi connectivity index (χ0n) is 20.5. The van der Waals surface area contributed by atoms with Crippen LogP contribution in [0.15, 0.2) is 52.9 Å². The van der Waals surface area contributed by atoms with Crippen LogP contribution in [0.5, 0.6) is 0 Å². The summed E-state index contributed by atoms with van der Waals surface area (Å²) in [7, 11) is -3.36. The molecule has 2 aromatic carbocycles. The fraction of sp³-hybridized carbons (Fsp3) is 0.167. The Bertz CT molecular complexity index is 1770. The summed E-state index contributed by atoms with van der Waals surface area (Å²) in [5, 5.41) is 5.15. The number of alkyl halides is 6. The van der Waals surface area contributed by atoms with Gasteiger partial charge in [0.2, 0.25) is 11.0 Å². The van der Waals surface area contributed by atoms with E-state index in [2.05, 4.69) is 10.1 Å². The average molecular weight is 666 g/mol. The first-order valence-electron chi connectivity index (χ1n) is 11.5. The highest BCUT2D eigenvalue weighted by Gasteiger charge is 2.39. The molecule has 0 spiro atoms. The van der Waals surface area contributed by atoms with Gasteiger partial charge < -0.3 is 0 Å². The lowest BCUT2D eigenvalue weighted by atomic mass is 10.1. The summed E-state index contributed by atoms with van der Waals surface area (Å²) in [4.78, 5) is 30.2. The molecule has 18 heteroatoms. The van der Waals surface area contributed by atoms with Crippen molar-refractivity contribution in [2.75, 3.05) is 4.72 Å². The maximum Gasteiger partial charge on any atom is 0.490 e. The van der Waals surface area contributed by atoms with Gasteiger partial charge in [-0.05, 0) is 53.2 Å². The van der Waals surface area contributed by atoms with Crippen molar-refractivity contribution in [3.8, 4) is 0 Å². The van der Waals surface area contributed by atoms with Crippen LogP contribution in [0, 0.1) is 0 Å². The minimum atomic E-state index is -4.99. The van der Waals surface area contributed by atoms with Crippen LogP contribution in [-0.2, 0) is 35.0 Å². The number of amides is 2. The Balaban J connectivity index is 1.31. The second-order valence-electron chi connectivity index (χ2n) is 8.65. The first-order chi connectivity index (χ1) is 19.7. The molecule has 1 aliphatic rings. The molecule has 1 N–H and O–H groups in total. The van der Waals surface area contributed by atoms with Gasteiger partial charge in [0.05, 0.1) is 41.0 Å². The number of carbonyl (C=O) groups is 2. The van der Waals surface area contributed by atoms with Gasteiger partial charge in [-0.25, -0.2) is 9.19 Å². The molecule has 220 valence electrons.